The van der Waals surface area contributed by atoms with E-state index in [-0.39, 0.29) is 29.8 Å². The number of nitrogens with one attached hydrogen (secondary N) is 4. The highest BCUT2D eigenvalue weighted by molar-refractivity contribution is 5.98. The van der Waals surface area contributed by atoms with Crippen molar-refractivity contribution in [3.05, 3.63) is 95.4 Å². The van der Waals surface area contributed by atoms with Crippen LogP contribution in [0.1, 0.15) is 42.4 Å². The molecule has 0 unspecified atom stereocenters. The van der Waals surface area contributed by atoms with Crippen LogP contribution in [0.25, 0.3) is 10.9 Å². The minimum Gasteiger partial charge on any atom is -0.490 e. The molecule has 2 atom stereocenters. The number of carbonyl (C=O) groups excluding carboxylic acids is 2. The minimum absolute atomic E-state index is 0.0674. The first kappa shape index (κ1) is 27.8. The molecule has 2 aliphatic heterocycles. The number of halogens is 1. The monoisotopic (exact) mass is 569 g/mol. The molecule has 1 aromatic heterocycles. The van der Waals surface area contributed by atoms with Crippen molar-refractivity contribution in [1.82, 2.24) is 20.5 Å². The van der Waals surface area contributed by atoms with Crippen LogP contribution in [0.3, 0.4) is 0 Å². The first-order valence-electron chi connectivity index (χ1n) is 14.6. The number of hydrogen-bond donors (Lipinski definition) is 4. The van der Waals surface area contributed by atoms with Crippen molar-refractivity contribution in [3.63, 3.8) is 0 Å². The van der Waals surface area contributed by atoms with E-state index in [0.29, 0.717) is 37.4 Å². The van der Waals surface area contributed by atoms with Crippen LogP contribution in [0.2, 0.25) is 0 Å². The van der Waals surface area contributed by atoms with Crippen molar-refractivity contribution in [2.45, 2.75) is 50.8 Å². The number of nitrogens with zero attached hydrogens (tertiary/aromatic N) is 1. The van der Waals surface area contributed by atoms with E-state index in [0.717, 1.165) is 36.0 Å². The van der Waals surface area contributed by atoms with Crippen molar-refractivity contribution < 1.29 is 18.7 Å². The number of aromatic nitrogens is 1. The van der Waals surface area contributed by atoms with Crippen LogP contribution in [-0.4, -0.2) is 53.6 Å². The van der Waals surface area contributed by atoms with E-state index >= 15 is 0 Å². The summed E-state index contributed by atoms with van der Waals surface area (Å²) in [7, 11) is 0. The predicted octanol–water partition coefficient (Wildman–Crippen LogP) is 5.32. The normalized spacial score (nSPS) is 16.9. The van der Waals surface area contributed by atoms with E-state index in [1.807, 2.05) is 49.5 Å². The molecular formula is C33H36FN5O3. The van der Waals surface area contributed by atoms with Gasteiger partial charge in [-0.05, 0) is 72.1 Å². The summed E-state index contributed by atoms with van der Waals surface area (Å²) in [6.07, 6.45) is 4.10. The molecule has 4 N–H and O–H groups in total. The molecule has 3 heterocycles. The molecule has 218 valence electrons. The van der Waals surface area contributed by atoms with Crippen molar-refractivity contribution in [2.24, 2.45) is 0 Å². The van der Waals surface area contributed by atoms with E-state index in [4.69, 9.17) is 4.74 Å². The van der Waals surface area contributed by atoms with Crippen LogP contribution in [0.5, 0.6) is 5.75 Å². The van der Waals surface area contributed by atoms with Gasteiger partial charge in [0.05, 0.1) is 0 Å². The van der Waals surface area contributed by atoms with E-state index in [1.165, 1.54) is 23.3 Å². The van der Waals surface area contributed by atoms with Gasteiger partial charge in [0.25, 0.3) is 0 Å². The second kappa shape index (κ2) is 12.2. The van der Waals surface area contributed by atoms with Crippen molar-refractivity contribution in [1.29, 1.82) is 0 Å². The predicted molar refractivity (Wildman–Crippen MR) is 161 cm³/mol. The summed E-state index contributed by atoms with van der Waals surface area (Å²) in [6, 6.07) is 18.9. The van der Waals surface area contributed by atoms with Gasteiger partial charge in [-0.3, -0.25) is 4.79 Å². The quantitative estimate of drug-likeness (QED) is 0.242. The van der Waals surface area contributed by atoms with Crippen LogP contribution in [0.4, 0.5) is 14.9 Å². The Labute approximate surface area is 244 Å². The van der Waals surface area contributed by atoms with E-state index in [2.05, 4.69) is 27.0 Å². The Morgan fingerprint density at radius 3 is 2.62 bits per heavy atom. The van der Waals surface area contributed by atoms with Gasteiger partial charge in [0, 0.05) is 61.2 Å². The first-order chi connectivity index (χ1) is 20.4. The Morgan fingerprint density at radius 2 is 1.81 bits per heavy atom. The molecule has 1 fully saturated rings. The highest BCUT2D eigenvalue weighted by Gasteiger charge is 2.33. The number of fused-ring (bicyclic) bond motifs is 2. The van der Waals surface area contributed by atoms with Crippen LogP contribution < -0.4 is 20.7 Å². The lowest BCUT2D eigenvalue weighted by Gasteiger charge is -2.34. The fourth-order valence-electron chi connectivity index (χ4n) is 5.95. The van der Waals surface area contributed by atoms with E-state index < -0.39 is 6.04 Å². The number of benzene rings is 3. The third kappa shape index (κ3) is 6.11. The Hall–Kier alpha value is -4.37. The molecule has 0 bridgehead atoms. The molecule has 0 saturated carbocycles. The number of urea groups is 1. The number of aromatic amines is 1. The minimum atomic E-state index is -0.806. The number of ether oxygens (including phenoxy) is 1. The molecule has 3 amide bonds. The Kier molecular flexibility index (Phi) is 8.10. The summed E-state index contributed by atoms with van der Waals surface area (Å²) >= 11 is 0. The largest absolute Gasteiger partial charge is 0.490 e. The third-order valence-electron chi connectivity index (χ3n) is 8.38. The van der Waals surface area contributed by atoms with Gasteiger partial charge in [0.2, 0.25) is 5.91 Å². The lowest BCUT2D eigenvalue weighted by atomic mass is 9.92. The number of para-hydroxylation sites is 1. The molecule has 0 spiro atoms. The second-order valence-electron chi connectivity index (χ2n) is 11.2. The standard InChI is InChI=1S/C33H36FN5O3/c1-21(29-20-36-30-5-3-2-4-28(29)30)31(32(40)37-25-9-6-22-12-15-35-19-23(22)18-25)38-33(41)39-16-13-27(14-17-39)42-26-10-7-24(34)8-11-26/h2-11,18,20-21,27,31,35-36H,12-17,19H2,1H3,(H,37,40)(H,38,41)/t21-,31-/m1/s1. The van der Waals surface area contributed by atoms with Gasteiger partial charge in [-0.2, -0.15) is 0 Å². The summed E-state index contributed by atoms with van der Waals surface area (Å²) in [4.78, 5) is 32.4. The van der Waals surface area contributed by atoms with Gasteiger partial charge in [-0.25, -0.2) is 9.18 Å². The molecule has 1 saturated heterocycles. The molecule has 4 aromatic rings. The zero-order chi connectivity index (χ0) is 29.1. The number of hydrogen-bond acceptors (Lipinski definition) is 4. The topological polar surface area (TPSA) is 98.5 Å². The number of anilines is 1. The van der Waals surface area contributed by atoms with Gasteiger partial charge in [-0.1, -0.05) is 31.2 Å². The first-order valence-corrected chi connectivity index (χ1v) is 14.6. The molecule has 3 aromatic carbocycles. The molecule has 0 aliphatic carbocycles. The number of amides is 3. The van der Waals surface area contributed by atoms with Crippen molar-refractivity contribution >= 4 is 28.5 Å². The summed E-state index contributed by atoms with van der Waals surface area (Å²) < 4.78 is 19.2. The molecule has 2 aliphatic rings. The van der Waals surface area contributed by atoms with E-state index in [1.54, 1.807) is 17.0 Å². The number of likely N-dealkylation sites (tertiary alicyclic amines) is 1. The van der Waals surface area contributed by atoms with Crippen molar-refractivity contribution in [2.75, 3.05) is 25.0 Å². The summed E-state index contributed by atoms with van der Waals surface area (Å²) in [5.74, 6) is -0.261. The van der Waals surface area contributed by atoms with Crippen LogP contribution in [-0.2, 0) is 17.8 Å². The average molecular weight is 570 g/mol. The second-order valence-corrected chi connectivity index (χ2v) is 11.2. The molecule has 42 heavy (non-hydrogen) atoms. The average Bonchev–Trinajstić information content (AvgIpc) is 3.45. The molecule has 0 radical (unpaired) electrons. The SMILES string of the molecule is C[C@H](c1c[nH]c2ccccc12)[C@@H](NC(=O)N1CCC(Oc2ccc(F)cc2)CC1)C(=O)Nc1ccc2c(c1)CNCC2. The number of piperidine rings is 1. The molecule has 8 nitrogen and oxygen atoms in total. The van der Waals surface area contributed by atoms with Gasteiger partial charge in [0.15, 0.2) is 0 Å². The Balaban J connectivity index is 1.16. The fourth-order valence-corrected chi connectivity index (χ4v) is 5.95. The van der Waals surface area contributed by atoms with Crippen molar-refractivity contribution in [3.8, 4) is 5.75 Å². The number of carbonyl (C=O) groups is 2. The van der Waals surface area contributed by atoms with Crippen LogP contribution in [0.15, 0.2) is 72.9 Å². The third-order valence-corrected chi connectivity index (χ3v) is 8.38. The summed E-state index contributed by atoms with van der Waals surface area (Å²) in [5.41, 5.74) is 5.12. The fraction of sp³-hybridized carbons (Fsp3) is 0.333. The number of H-pyrrole nitrogens is 1. The highest BCUT2D eigenvalue weighted by Crippen LogP contribution is 2.29. The van der Waals surface area contributed by atoms with Gasteiger partial charge in [0.1, 0.15) is 23.7 Å². The summed E-state index contributed by atoms with van der Waals surface area (Å²) in [6.45, 7) is 4.67. The Morgan fingerprint density at radius 1 is 1.02 bits per heavy atom. The highest BCUT2D eigenvalue weighted by atomic mass is 19.1. The van der Waals surface area contributed by atoms with Gasteiger partial charge >= 0.3 is 6.03 Å². The lowest BCUT2D eigenvalue weighted by Crippen LogP contribution is -2.53. The van der Waals surface area contributed by atoms with Crippen LogP contribution >= 0.6 is 0 Å². The zero-order valence-corrected chi connectivity index (χ0v) is 23.7. The van der Waals surface area contributed by atoms with Gasteiger partial charge in [-0.15, -0.1) is 0 Å². The number of rotatable bonds is 7. The zero-order valence-electron chi connectivity index (χ0n) is 23.7. The maximum Gasteiger partial charge on any atom is 0.318 e. The lowest BCUT2D eigenvalue weighted by molar-refractivity contribution is -0.118. The van der Waals surface area contributed by atoms with Gasteiger partial charge < -0.3 is 30.6 Å². The summed E-state index contributed by atoms with van der Waals surface area (Å²) in [5, 5.41) is 10.5. The molecule has 6 rings (SSSR count). The molecular weight excluding hydrogens is 533 g/mol. The smallest absolute Gasteiger partial charge is 0.318 e. The maximum absolute atomic E-state index is 13.8. The van der Waals surface area contributed by atoms with E-state index in [9.17, 15) is 14.0 Å². The van der Waals surface area contributed by atoms with Crippen LogP contribution in [0, 0.1) is 5.82 Å². The molecule has 9 heteroatoms. The maximum atomic E-state index is 13.8. The Bertz CT molecular complexity index is 1560.